The minimum Gasteiger partial charge on any atom is -0.478 e. The maximum atomic E-state index is 10.9. The molecule has 0 unspecified atom stereocenters. The normalized spacial score (nSPS) is 10.5. The van der Waals surface area contributed by atoms with E-state index in [9.17, 15) is 4.79 Å². The van der Waals surface area contributed by atoms with E-state index in [1.54, 1.807) is 19.2 Å². The number of carboxylic acids is 1. The van der Waals surface area contributed by atoms with Crippen LogP contribution >= 0.6 is 0 Å². The summed E-state index contributed by atoms with van der Waals surface area (Å²) in [7, 11) is 0. The smallest absolute Gasteiger partial charge is 0.337 e. The lowest BCUT2D eigenvalue weighted by molar-refractivity contribution is 0.0694. The van der Waals surface area contributed by atoms with Crippen LogP contribution in [-0.4, -0.2) is 16.1 Å². The van der Waals surface area contributed by atoms with Crippen molar-refractivity contribution in [2.75, 3.05) is 0 Å². The summed E-state index contributed by atoms with van der Waals surface area (Å²) in [5.41, 5.74) is 1.77. The molecule has 0 aromatic carbocycles. The Morgan fingerprint density at radius 3 is 2.54 bits per heavy atom. The van der Waals surface area contributed by atoms with E-state index in [4.69, 9.17) is 5.11 Å². The number of rotatable bonds is 2. The molecule has 70 valence electrons. The summed E-state index contributed by atoms with van der Waals surface area (Å²) >= 11 is 0. The number of hydrogen-bond acceptors (Lipinski definition) is 2. The van der Waals surface area contributed by atoms with Crippen molar-refractivity contribution >= 4 is 5.97 Å². The molecule has 0 atom stereocenters. The summed E-state index contributed by atoms with van der Waals surface area (Å²) in [6.07, 6.45) is 1.65. The molecule has 0 aliphatic carbocycles. The van der Waals surface area contributed by atoms with Crippen molar-refractivity contribution in [3.05, 3.63) is 29.1 Å². The average Bonchev–Trinajstić information content (AvgIpc) is 2.02. The van der Waals surface area contributed by atoms with Crippen molar-refractivity contribution in [1.82, 2.24) is 4.98 Å². The van der Waals surface area contributed by atoms with E-state index in [1.807, 2.05) is 13.8 Å². The van der Waals surface area contributed by atoms with Crippen LogP contribution in [0.3, 0.4) is 0 Å². The highest BCUT2D eigenvalue weighted by Gasteiger charge is 2.15. The summed E-state index contributed by atoms with van der Waals surface area (Å²) in [4.78, 5) is 15.0. The third kappa shape index (κ3) is 1.86. The average molecular weight is 179 g/mol. The second-order valence-electron chi connectivity index (χ2n) is 3.35. The molecule has 0 saturated carbocycles. The summed E-state index contributed by atoms with van der Waals surface area (Å²) in [5, 5.41) is 8.96. The Balaban J connectivity index is 3.34. The number of carbonyl (C=O) groups is 1. The molecule has 0 radical (unpaired) electrons. The molecule has 0 aliphatic rings. The molecule has 1 N–H and O–H groups in total. The third-order valence-corrected chi connectivity index (χ3v) is 1.95. The SMILES string of the molecule is Cc1ccnc(C(C)C)c1C(=O)O. The summed E-state index contributed by atoms with van der Waals surface area (Å²) < 4.78 is 0. The lowest BCUT2D eigenvalue weighted by Crippen LogP contribution is -2.08. The van der Waals surface area contributed by atoms with Gasteiger partial charge in [0, 0.05) is 6.20 Å². The zero-order valence-electron chi connectivity index (χ0n) is 8.03. The van der Waals surface area contributed by atoms with Crippen molar-refractivity contribution in [3.8, 4) is 0 Å². The molecule has 1 rings (SSSR count). The van der Waals surface area contributed by atoms with Gasteiger partial charge in [-0.05, 0) is 24.5 Å². The Morgan fingerprint density at radius 1 is 1.54 bits per heavy atom. The van der Waals surface area contributed by atoms with Crippen molar-refractivity contribution in [3.63, 3.8) is 0 Å². The lowest BCUT2D eigenvalue weighted by atomic mass is 10.0. The van der Waals surface area contributed by atoms with E-state index in [2.05, 4.69) is 4.98 Å². The highest BCUT2D eigenvalue weighted by molar-refractivity contribution is 5.90. The van der Waals surface area contributed by atoms with Crippen LogP contribution in [0.4, 0.5) is 0 Å². The zero-order chi connectivity index (χ0) is 10.0. The molecule has 0 spiro atoms. The lowest BCUT2D eigenvalue weighted by Gasteiger charge is -2.09. The second kappa shape index (κ2) is 3.56. The van der Waals surface area contributed by atoms with Crippen molar-refractivity contribution in [1.29, 1.82) is 0 Å². The van der Waals surface area contributed by atoms with Gasteiger partial charge in [-0.1, -0.05) is 13.8 Å². The molecule has 0 saturated heterocycles. The third-order valence-electron chi connectivity index (χ3n) is 1.95. The number of pyridine rings is 1. The number of aromatic nitrogens is 1. The van der Waals surface area contributed by atoms with Crippen LogP contribution in [0, 0.1) is 6.92 Å². The first kappa shape index (κ1) is 9.71. The first-order valence-electron chi connectivity index (χ1n) is 4.22. The van der Waals surface area contributed by atoms with Crippen LogP contribution in [0.25, 0.3) is 0 Å². The summed E-state index contributed by atoms with van der Waals surface area (Å²) in [6.45, 7) is 5.67. The maximum Gasteiger partial charge on any atom is 0.337 e. The highest BCUT2D eigenvalue weighted by atomic mass is 16.4. The first-order chi connectivity index (χ1) is 6.04. The molecule has 1 aromatic rings. The molecule has 0 bridgehead atoms. The number of hydrogen-bond donors (Lipinski definition) is 1. The van der Waals surface area contributed by atoms with E-state index in [0.717, 1.165) is 5.56 Å². The fourth-order valence-electron chi connectivity index (χ4n) is 1.30. The largest absolute Gasteiger partial charge is 0.478 e. The van der Waals surface area contributed by atoms with Gasteiger partial charge in [-0.2, -0.15) is 0 Å². The molecule has 1 heterocycles. The van der Waals surface area contributed by atoms with E-state index in [1.165, 1.54) is 0 Å². The highest BCUT2D eigenvalue weighted by Crippen LogP contribution is 2.19. The second-order valence-corrected chi connectivity index (χ2v) is 3.35. The van der Waals surface area contributed by atoms with E-state index >= 15 is 0 Å². The van der Waals surface area contributed by atoms with Crippen LogP contribution in [0.5, 0.6) is 0 Å². The molecule has 0 fully saturated rings. The van der Waals surface area contributed by atoms with Gasteiger partial charge in [0.2, 0.25) is 0 Å². The van der Waals surface area contributed by atoms with Crippen molar-refractivity contribution < 1.29 is 9.90 Å². The van der Waals surface area contributed by atoms with Crippen LogP contribution in [-0.2, 0) is 0 Å². The van der Waals surface area contributed by atoms with Crippen molar-refractivity contribution in [2.45, 2.75) is 26.7 Å². The monoisotopic (exact) mass is 179 g/mol. The molecule has 13 heavy (non-hydrogen) atoms. The quantitative estimate of drug-likeness (QED) is 0.757. The molecular formula is C10H13NO2. The van der Waals surface area contributed by atoms with Gasteiger partial charge >= 0.3 is 5.97 Å². The maximum absolute atomic E-state index is 10.9. The van der Waals surface area contributed by atoms with Gasteiger partial charge in [0.25, 0.3) is 0 Å². The minimum atomic E-state index is -0.894. The summed E-state index contributed by atoms with van der Waals surface area (Å²) in [5.74, 6) is -0.750. The van der Waals surface area contributed by atoms with Crippen LogP contribution in [0.2, 0.25) is 0 Å². The molecule has 3 nitrogen and oxygen atoms in total. The van der Waals surface area contributed by atoms with Crippen LogP contribution in [0.15, 0.2) is 12.3 Å². The Kier molecular flexibility index (Phi) is 2.66. The first-order valence-corrected chi connectivity index (χ1v) is 4.22. The molecule has 3 heteroatoms. The zero-order valence-corrected chi connectivity index (χ0v) is 8.03. The Hall–Kier alpha value is -1.38. The standard InChI is InChI=1S/C10H13NO2/c1-6(2)9-8(10(12)13)7(3)4-5-11-9/h4-6H,1-3H3,(H,12,13). The number of aryl methyl sites for hydroxylation is 1. The van der Waals surface area contributed by atoms with E-state index < -0.39 is 5.97 Å². The molecule has 0 amide bonds. The minimum absolute atomic E-state index is 0.144. The van der Waals surface area contributed by atoms with Gasteiger partial charge in [0.1, 0.15) is 0 Å². The Bertz CT molecular complexity index is 332. The number of aromatic carboxylic acids is 1. The predicted octanol–water partition coefficient (Wildman–Crippen LogP) is 2.21. The van der Waals surface area contributed by atoms with Gasteiger partial charge in [0.05, 0.1) is 11.3 Å². The van der Waals surface area contributed by atoms with Crippen LogP contribution in [0.1, 0.15) is 41.4 Å². The van der Waals surface area contributed by atoms with Crippen molar-refractivity contribution in [2.24, 2.45) is 0 Å². The van der Waals surface area contributed by atoms with Gasteiger partial charge in [0.15, 0.2) is 0 Å². The van der Waals surface area contributed by atoms with Gasteiger partial charge < -0.3 is 5.11 Å². The van der Waals surface area contributed by atoms with E-state index in [-0.39, 0.29) is 5.92 Å². The Morgan fingerprint density at radius 2 is 2.15 bits per heavy atom. The van der Waals surface area contributed by atoms with Crippen LogP contribution < -0.4 is 0 Å². The fraction of sp³-hybridized carbons (Fsp3) is 0.400. The summed E-state index contributed by atoms with van der Waals surface area (Å²) in [6, 6.07) is 1.72. The number of carboxylic acid groups (broad SMARTS) is 1. The number of nitrogens with zero attached hydrogens (tertiary/aromatic N) is 1. The van der Waals surface area contributed by atoms with Gasteiger partial charge in [-0.15, -0.1) is 0 Å². The van der Waals surface area contributed by atoms with Gasteiger partial charge in [-0.25, -0.2) is 4.79 Å². The predicted molar refractivity (Wildman–Crippen MR) is 50.0 cm³/mol. The molecule has 1 aromatic heterocycles. The molecular weight excluding hydrogens is 166 g/mol. The molecule has 0 aliphatic heterocycles. The topological polar surface area (TPSA) is 50.2 Å². The van der Waals surface area contributed by atoms with Gasteiger partial charge in [-0.3, -0.25) is 4.98 Å². The Labute approximate surface area is 77.4 Å². The van der Waals surface area contributed by atoms with E-state index in [0.29, 0.717) is 11.3 Å². The fourth-order valence-corrected chi connectivity index (χ4v) is 1.30.